The second-order valence-electron chi connectivity index (χ2n) is 8.52. The first-order chi connectivity index (χ1) is 17.8. The van der Waals surface area contributed by atoms with Crippen molar-refractivity contribution in [1.82, 2.24) is 24.6 Å². The van der Waals surface area contributed by atoms with Crippen LogP contribution in [-0.2, 0) is 4.79 Å². The third-order valence-electron chi connectivity index (χ3n) is 6.13. The number of nitrogens with one attached hydrogen (secondary N) is 2. The Bertz CT molecular complexity index is 1380. The summed E-state index contributed by atoms with van der Waals surface area (Å²) in [5.74, 6) is 0.0677. The first kappa shape index (κ1) is 25.2. The standard InChI is InChI=1S/C25H27N9O3/c1-4-21(35)33-7-5-18(6-8-33)34-14-17(12-29-34)30-25-28-13-19(23(27)36)24(32-25)31-22-15(2)9-16(11-26)10-20(22)37-3/h4,9-10,12-14,18H,1,5-8H2,2-3H3,(H2,27,36)(H2,28,30,31,32). The molecule has 4 rings (SSSR count). The Labute approximate surface area is 213 Å². The molecule has 1 fully saturated rings. The topological polar surface area (TPSA) is 164 Å². The Morgan fingerprint density at radius 1 is 1.27 bits per heavy atom. The number of hydrogen-bond donors (Lipinski definition) is 3. The molecule has 4 N–H and O–H groups in total. The summed E-state index contributed by atoms with van der Waals surface area (Å²) >= 11 is 0. The second kappa shape index (κ2) is 10.8. The van der Waals surface area contributed by atoms with E-state index in [1.165, 1.54) is 19.4 Å². The van der Waals surface area contributed by atoms with Crippen LogP contribution in [0.3, 0.4) is 0 Å². The highest BCUT2D eigenvalue weighted by atomic mass is 16.5. The number of aromatic nitrogens is 4. The summed E-state index contributed by atoms with van der Waals surface area (Å²) in [6, 6.07) is 5.53. The minimum absolute atomic E-state index is 0.0592. The monoisotopic (exact) mass is 501 g/mol. The third-order valence-corrected chi connectivity index (χ3v) is 6.13. The Morgan fingerprint density at radius 3 is 2.68 bits per heavy atom. The number of aryl methyl sites for hydroxylation is 1. The first-order valence-electron chi connectivity index (χ1n) is 11.6. The number of piperidine rings is 1. The molecule has 1 aliphatic rings. The number of amides is 2. The number of rotatable bonds is 8. The molecule has 1 aliphatic heterocycles. The van der Waals surface area contributed by atoms with Gasteiger partial charge in [-0.3, -0.25) is 14.3 Å². The van der Waals surface area contributed by atoms with Crippen LogP contribution in [0.15, 0.2) is 43.4 Å². The van der Waals surface area contributed by atoms with Gasteiger partial charge in [-0.2, -0.15) is 15.3 Å². The van der Waals surface area contributed by atoms with Crippen molar-refractivity contribution >= 4 is 35.0 Å². The van der Waals surface area contributed by atoms with Crippen LogP contribution < -0.4 is 21.1 Å². The van der Waals surface area contributed by atoms with Crippen molar-refractivity contribution in [1.29, 1.82) is 5.26 Å². The molecule has 12 nitrogen and oxygen atoms in total. The molecule has 3 heterocycles. The summed E-state index contributed by atoms with van der Waals surface area (Å²) in [5.41, 5.74) is 8.01. The molecular weight excluding hydrogens is 474 g/mol. The summed E-state index contributed by atoms with van der Waals surface area (Å²) < 4.78 is 7.29. The fraction of sp³-hybridized carbons (Fsp3) is 0.280. The molecule has 37 heavy (non-hydrogen) atoms. The van der Waals surface area contributed by atoms with Crippen molar-refractivity contribution in [3.8, 4) is 11.8 Å². The average molecular weight is 502 g/mol. The van der Waals surface area contributed by atoms with Gasteiger partial charge in [0.15, 0.2) is 0 Å². The van der Waals surface area contributed by atoms with Crippen LogP contribution in [0.5, 0.6) is 5.75 Å². The molecule has 2 amide bonds. The molecule has 3 aromatic rings. The number of ether oxygens (including phenoxy) is 1. The van der Waals surface area contributed by atoms with Crippen LogP contribution in [0.1, 0.15) is 40.4 Å². The Hall–Kier alpha value is -4.92. The number of nitriles is 1. The predicted octanol–water partition coefficient (Wildman–Crippen LogP) is 2.80. The van der Waals surface area contributed by atoms with E-state index in [9.17, 15) is 14.9 Å². The van der Waals surface area contributed by atoms with Gasteiger partial charge >= 0.3 is 0 Å². The summed E-state index contributed by atoms with van der Waals surface area (Å²) in [7, 11) is 1.49. The highest BCUT2D eigenvalue weighted by molar-refractivity contribution is 5.98. The predicted molar refractivity (Wildman–Crippen MR) is 137 cm³/mol. The number of likely N-dealkylation sites (tertiary alicyclic amines) is 1. The van der Waals surface area contributed by atoms with E-state index in [4.69, 9.17) is 10.5 Å². The maximum Gasteiger partial charge on any atom is 0.254 e. The molecule has 0 radical (unpaired) electrons. The van der Waals surface area contributed by atoms with Gasteiger partial charge in [-0.1, -0.05) is 6.58 Å². The Balaban J connectivity index is 1.54. The van der Waals surface area contributed by atoms with Gasteiger partial charge in [0.1, 0.15) is 17.1 Å². The fourth-order valence-corrected chi connectivity index (χ4v) is 4.19. The molecule has 0 saturated carbocycles. The number of methoxy groups -OCH3 is 1. The van der Waals surface area contributed by atoms with E-state index in [2.05, 4.69) is 38.3 Å². The third kappa shape index (κ3) is 5.51. The highest BCUT2D eigenvalue weighted by Crippen LogP contribution is 2.33. The van der Waals surface area contributed by atoms with Crippen molar-refractivity contribution in [2.75, 3.05) is 30.8 Å². The lowest BCUT2D eigenvalue weighted by molar-refractivity contribution is -0.127. The van der Waals surface area contributed by atoms with Gasteiger partial charge < -0.3 is 26.0 Å². The number of nitrogens with two attached hydrogens (primary N) is 1. The molecule has 190 valence electrons. The van der Waals surface area contributed by atoms with Crippen molar-refractivity contribution in [2.24, 2.45) is 5.73 Å². The van der Waals surface area contributed by atoms with E-state index in [0.29, 0.717) is 35.8 Å². The minimum Gasteiger partial charge on any atom is -0.495 e. The first-order valence-corrected chi connectivity index (χ1v) is 11.6. The van der Waals surface area contributed by atoms with Crippen molar-refractivity contribution in [2.45, 2.75) is 25.8 Å². The summed E-state index contributed by atoms with van der Waals surface area (Å²) in [4.78, 5) is 34.3. The molecule has 2 aromatic heterocycles. The van der Waals surface area contributed by atoms with Crippen LogP contribution >= 0.6 is 0 Å². The average Bonchev–Trinajstić information content (AvgIpc) is 3.37. The van der Waals surface area contributed by atoms with Gasteiger partial charge in [0.25, 0.3) is 5.91 Å². The van der Waals surface area contributed by atoms with Crippen molar-refractivity contribution in [3.63, 3.8) is 0 Å². The minimum atomic E-state index is -0.701. The van der Waals surface area contributed by atoms with E-state index in [1.807, 2.05) is 17.8 Å². The quantitative estimate of drug-likeness (QED) is 0.394. The van der Waals surface area contributed by atoms with Crippen LogP contribution in [0.4, 0.5) is 23.1 Å². The molecule has 0 aliphatic carbocycles. The number of anilines is 4. The van der Waals surface area contributed by atoms with Crippen LogP contribution in [-0.4, -0.2) is 56.7 Å². The highest BCUT2D eigenvalue weighted by Gasteiger charge is 2.23. The molecule has 1 saturated heterocycles. The molecule has 0 unspecified atom stereocenters. The Morgan fingerprint density at radius 2 is 2.03 bits per heavy atom. The molecular formula is C25H27N9O3. The summed E-state index contributed by atoms with van der Waals surface area (Å²) in [5, 5.41) is 19.9. The lowest BCUT2D eigenvalue weighted by Gasteiger charge is -2.31. The zero-order valence-corrected chi connectivity index (χ0v) is 20.6. The van der Waals surface area contributed by atoms with Gasteiger partial charge in [-0.15, -0.1) is 0 Å². The number of carbonyl (C=O) groups excluding carboxylic acids is 2. The van der Waals surface area contributed by atoms with Crippen LogP contribution in [0.25, 0.3) is 0 Å². The molecule has 0 bridgehead atoms. The van der Waals surface area contributed by atoms with Gasteiger partial charge in [-0.25, -0.2) is 4.98 Å². The van der Waals surface area contributed by atoms with E-state index in [0.717, 1.165) is 18.4 Å². The van der Waals surface area contributed by atoms with E-state index >= 15 is 0 Å². The summed E-state index contributed by atoms with van der Waals surface area (Å²) in [6.07, 6.45) is 7.74. The number of primary amides is 1. The lowest BCUT2D eigenvalue weighted by Crippen LogP contribution is -2.38. The number of hydrogen-bond acceptors (Lipinski definition) is 9. The van der Waals surface area contributed by atoms with E-state index in [1.54, 1.807) is 23.2 Å². The number of nitrogens with zero attached hydrogens (tertiary/aromatic N) is 6. The zero-order chi connectivity index (χ0) is 26.5. The van der Waals surface area contributed by atoms with Gasteiger partial charge in [0.2, 0.25) is 11.9 Å². The normalized spacial score (nSPS) is 13.5. The fourth-order valence-electron chi connectivity index (χ4n) is 4.19. The zero-order valence-electron chi connectivity index (χ0n) is 20.6. The molecule has 1 aromatic carbocycles. The largest absolute Gasteiger partial charge is 0.495 e. The summed E-state index contributed by atoms with van der Waals surface area (Å²) in [6.45, 7) is 6.64. The van der Waals surface area contributed by atoms with Gasteiger partial charge in [0, 0.05) is 31.5 Å². The van der Waals surface area contributed by atoms with Crippen LogP contribution in [0.2, 0.25) is 0 Å². The van der Waals surface area contributed by atoms with Crippen LogP contribution in [0, 0.1) is 18.3 Å². The molecule has 0 atom stereocenters. The van der Waals surface area contributed by atoms with Gasteiger partial charge in [-0.05, 0) is 37.5 Å². The van der Waals surface area contributed by atoms with E-state index in [-0.39, 0.29) is 29.3 Å². The lowest BCUT2D eigenvalue weighted by atomic mass is 10.1. The van der Waals surface area contributed by atoms with Gasteiger partial charge in [0.05, 0.1) is 42.4 Å². The molecule has 0 spiro atoms. The Kier molecular flexibility index (Phi) is 7.34. The maximum atomic E-state index is 12.0. The smallest absolute Gasteiger partial charge is 0.254 e. The molecule has 12 heteroatoms. The number of carbonyl (C=O) groups is 2. The number of benzene rings is 1. The van der Waals surface area contributed by atoms with Crippen molar-refractivity contribution < 1.29 is 14.3 Å². The maximum absolute atomic E-state index is 12.0. The van der Waals surface area contributed by atoms with Crippen molar-refractivity contribution in [3.05, 3.63) is 60.1 Å². The van der Waals surface area contributed by atoms with E-state index < -0.39 is 5.91 Å². The SMILES string of the molecule is C=CC(=O)N1CCC(n2cc(Nc3ncc(C(N)=O)c(Nc4c(C)cc(C#N)cc4OC)n3)cn2)CC1. The second-order valence-corrected chi connectivity index (χ2v) is 8.52.